The minimum Gasteiger partial charge on any atom is -0.379 e. The van der Waals surface area contributed by atoms with Crippen LogP contribution >= 0.6 is 15.9 Å². The molecule has 0 unspecified atom stereocenters. The highest BCUT2D eigenvalue weighted by molar-refractivity contribution is 9.10. The topological polar surface area (TPSA) is 75.7 Å². The maximum Gasteiger partial charge on any atom is 0.243 e. The fourth-order valence-electron chi connectivity index (χ4n) is 3.74. The van der Waals surface area contributed by atoms with Crippen LogP contribution in [0.15, 0.2) is 57.9 Å². The van der Waals surface area contributed by atoms with Gasteiger partial charge >= 0.3 is 0 Å². The van der Waals surface area contributed by atoms with Crippen LogP contribution in [0.3, 0.4) is 0 Å². The molecule has 0 saturated carbocycles. The molecule has 0 bridgehead atoms. The Balaban J connectivity index is 1.78. The van der Waals surface area contributed by atoms with Gasteiger partial charge in [-0.2, -0.15) is 4.31 Å². The molecule has 8 heteroatoms. The quantitative estimate of drug-likeness (QED) is 0.518. The van der Waals surface area contributed by atoms with Crippen molar-refractivity contribution in [3.05, 3.63) is 64.1 Å². The van der Waals surface area contributed by atoms with Crippen molar-refractivity contribution in [2.45, 2.75) is 50.2 Å². The second-order valence-electron chi connectivity index (χ2n) is 7.86. The maximum absolute atomic E-state index is 13.4. The van der Waals surface area contributed by atoms with Gasteiger partial charge in [0.05, 0.1) is 17.0 Å². The fourth-order valence-corrected chi connectivity index (χ4v) is 5.61. The van der Waals surface area contributed by atoms with Crippen molar-refractivity contribution in [1.29, 1.82) is 0 Å². The number of fused-ring (bicyclic) bond motifs is 1. The number of sulfonamides is 1. The van der Waals surface area contributed by atoms with E-state index < -0.39 is 16.1 Å². The molecule has 6 nitrogen and oxygen atoms in total. The second kappa shape index (κ2) is 10.7. The lowest BCUT2D eigenvalue weighted by atomic mass is 9.92. The van der Waals surface area contributed by atoms with E-state index >= 15 is 0 Å². The van der Waals surface area contributed by atoms with Crippen molar-refractivity contribution in [2.75, 3.05) is 19.7 Å². The number of hydrogen-bond acceptors (Lipinski definition) is 4. The zero-order valence-electron chi connectivity index (χ0n) is 17.9. The normalized spacial score (nSPS) is 16.8. The Morgan fingerprint density at radius 1 is 1.19 bits per heavy atom. The largest absolute Gasteiger partial charge is 0.379 e. The van der Waals surface area contributed by atoms with E-state index in [9.17, 15) is 13.2 Å². The zero-order chi connectivity index (χ0) is 22.4. The standard InChI is InChI=1S/C23H29BrN2O4S/c1-17(2)30-15-5-13-25-23(27)16-22-21-7-4-3-6-18(21)12-14-26(22)31(28,29)20-10-8-19(24)9-11-20/h3-4,6-11,17,22H,5,12-16H2,1-2H3,(H,25,27)/t22-/m1/s1. The van der Waals surface area contributed by atoms with Crippen molar-refractivity contribution in [3.63, 3.8) is 0 Å². The van der Waals surface area contributed by atoms with Crippen LogP contribution in [0.25, 0.3) is 0 Å². The summed E-state index contributed by atoms with van der Waals surface area (Å²) in [5.41, 5.74) is 1.99. The SMILES string of the molecule is CC(C)OCCCNC(=O)C[C@@H]1c2ccccc2CCN1S(=O)(=O)c1ccc(Br)cc1. The van der Waals surface area contributed by atoms with Gasteiger partial charge in [-0.3, -0.25) is 4.79 Å². The third kappa shape index (κ3) is 6.16. The summed E-state index contributed by atoms with van der Waals surface area (Å²) in [5.74, 6) is -0.165. The monoisotopic (exact) mass is 508 g/mol. The van der Waals surface area contributed by atoms with Crippen molar-refractivity contribution >= 4 is 31.9 Å². The van der Waals surface area contributed by atoms with Crippen LogP contribution in [0, 0.1) is 0 Å². The molecule has 0 spiro atoms. The first-order chi connectivity index (χ1) is 14.8. The van der Waals surface area contributed by atoms with E-state index in [-0.39, 0.29) is 23.3 Å². The molecule has 1 N–H and O–H groups in total. The van der Waals surface area contributed by atoms with Crippen molar-refractivity contribution in [1.82, 2.24) is 9.62 Å². The molecule has 1 amide bonds. The summed E-state index contributed by atoms with van der Waals surface area (Å²) >= 11 is 3.35. The van der Waals surface area contributed by atoms with E-state index in [4.69, 9.17) is 4.74 Å². The minimum atomic E-state index is -3.74. The van der Waals surface area contributed by atoms with Crippen LogP contribution in [0.4, 0.5) is 0 Å². The number of benzene rings is 2. The minimum absolute atomic E-state index is 0.0812. The molecule has 1 heterocycles. The molecule has 0 saturated heterocycles. The highest BCUT2D eigenvalue weighted by atomic mass is 79.9. The molecule has 0 radical (unpaired) electrons. The number of halogens is 1. The highest BCUT2D eigenvalue weighted by Crippen LogP contribution is 2.36. The Morgan fingerprint density at radius 2 is 1.90 bits per heavy atom. The van der Waals surface area contributed by atoms with Crippen LogP contribution in [0.2, 0.25) is 0 Å². The summed E-state index contributed by atoms with van der Waals surface area (Å²) in [4.78, 5) is 12.9. The summed E-state index contributed by atoms with van der Waals surface area (Å²) in [6.45, 7) is 5.36. The van der Waals surface area contributed by atoms with Crippen molar-refractivity contribution < 1.29 is 17.9 Å². The predicted octanol–water partition coefficient (Wildman–Crippen LogP) is 4.06. The molecular formula is C23H29BrN2O4S. The first kappa shape index (κ1) is 23.9. The molecule has 1 aliphatic rings. The number of nitrogens with zero attached hydrogens (tertiary/aromatic N) is 1. The van der Waals surface area contributed by atoms with Gasteiger partial charge in [0.2, 0.25) is 15.9 Å². The lowest BCUT2D eigenvalue weighted by Gasteiger charge is -2.36. The summed E-state index contributed by atoms with van der Waals surface area (Å²) in [6.07, 6.45) is 1.58. The van der Waals surface area contributed by atoms with Crippen molar-refractivity contribution in [3.8, 4) is 0 Å². The summed E-state index contributed by atoms with van der Waals surface area (Å²) in [7, 11) is -3.74. The van der Waals surface area contributed by atoms with E-state index in [1.54, 1.807) is 24.3 Å². The van der Waals surface area contributed by atoms with Gasteiger partial charge in [-0.05, 0) is 62.1 Å². The molecule has 2 aromatic carbocycles. The summed E-state index contributed by atoms with van der Waals surface area (Å²) in [6, 6.07) is 13.8. The molecule has 0 fully saturated rings. The van der Waals surface area contributed by atoms with Crippen LogP contribution in [0.1, 0.15) is 43.9 Å². The van der Waals surface area contributed by atoms with Crippen molar-refractivity contribution in [2.24, 2.45) is 0 Å². The Labute approximate surface area is 193 Å². The zero-order valence-corrected chi connectivity index (χ0v) is 20.3. The smallest absolute Gasteiger partial charge is 0.243 e. The molecule has 1 aliphatic heterocycles. The third-order valence-electron chi connectivity index (χ3n) is 5.26. The average molecular weight is 509 g/mol. The van der Waals surface area contributed by atoms with Crippen LogP contribution in [-0.4, -0.2) is 44.4 Å². The van der Waals surface area contributed by atoms with Gasteiger partial charge in [0, 0.05) is 30.6 Å². The van der Waals surface area contributed by atoms with Gasteiger partial charge < -0.3 is 10.1 Å². The van der Waals surface area contributed by atoms with Gasteiger partial charge in [0.25, 0.3) is 0 Å². The molecular weight excluding hydrogens is 480 g/mol. The van der Waals surface area contributed by atoms with Gasteiger partial charge in [0.15, 0.2) is 0 Å². The number of rotatable bonds is 9. The lowest BCUT2D eigenvalue weighted by Crippen LogP contribution is -2.42. The van der Waals surface area contributed by atoms with Gasteiger partial charge in [-0.15, -0.1) is 0 Å². The summed E-state index contributed by atoms with van der Waals surface area (Å²) < 4.78 is 34.6. The second-order valence-corrected chi connectivity index (χ2v) is 10.7. The first-order valence-corrected chi connectivity index (χ1v) is 12.8. The first-order valence-electron chi connectivity index (χ1n) is 10.5. The number of carbonyl (C=O) groups excluding carboxylic acids is 1. The van der Waals surface area contributed by atoms with E-state index in [1.165, 1.54) is 4.31 Å². The van der Waals surface area contributed by atoms with E-state index in [0.29, 0.717) is 32.5 Å². The Hall–Kier alpha value is -1.74. The average Bonchev–Trinajstić information content (AvgIpc) is 2.73. The van der Waals surface area contributed by atoms with Crippen LogP contribution in [0.5, 0.6) is 0 Å². The third-order valence-corrected chi connectivity index (χ3v) is 7.71. The van der Waals surface area contributed by atoms with Crippen LogP contribution < -0.4 is 5.32 Å². The molecule has 31 heavy (non-hydrogen) atoms. The highest BCUT2D eigenvalue weighted by Gasteiger charge is 2.37. The van der Waals surface area contributed by atoms with E-state index in [2.05, 4.69) is 21.2 Å². The predicted molar refractivity (Wildman–Crippen MR) is 124 cm³/mol. The summed E-state index contributed by atoms with van der Waals surface area (Å²) in [5, 5.41) is 2.91. The number of nitrogens with one attached hydrogen (secondary N) is 1. The lowest BCUT2D eigenvalue weighted by molar-refractivity contribution is -0.122. The van der Waals surface area contributed by atoms with Gasteiger partial charge in [0.1, 0.15) is 0 Å². The molecule has 2 aromatic rings. The fraction of sp³-hybridized carbons (Fsp3) is 0.435. The Kier molecular flexibility index (Phi) is 8.27. The van der Waals surface area contributed by atoms with Gasteiger partial charge in [-0.25, -0.2) is 8.42 Å². The van der Waals surface area contributed by atoms with E-state index in [1.807, 2.05) is 38.1 Å². The number of ether oxygens (including phenoxy) is 1. The number of amides is 1. The Bertz CT molecular complexity index is 993. The van der Waals surface area contributed by atoms with Crippen LogP contribution in [-0.2, 0) is 26.0 Å². The number of carbonyl (C=O) groups is 1. The molecule has 3 rings (SSSR count). The molecule has 0 aliphatic carbocycles. The maximum atomic E-state index is 13.4. The molecule has 168 valence electrons. The number of hydrogen-bond donors (Lipinski definition) is 1. The Morgan fingerprint density at radius 3 is 2.61 bits per heavy atom. The molecule has 1 atom stereocenters. The van der Waals surface area contributed by atoms with Gasteiger partial charge in [-0.1, -0.05) is 40.2 Å². The van der Waals surface area contributed by atoms with E-state index in [0.717, 1.165) is 15.6 Å². The molecule has 0 aromatic heterocycles.